The zero-order valence-corrected chi connectivity index (χ0v) is 13.0. The number of rotatable bonds is 11. The van der Waals surface area contributed by atoms with Crippen molar-refractivity contribution in [2.24, 2.45) is 0 Å². The number of hydrogen-bond donors (Lipinski definition) is 1. The van der Waals surface area contributed by atoms with Crippen LogP contribution in [0.3, 0.4) is 0 Å². The minimum absolute atomic E-state index is 0.160. The summed E-state index contributed by atoms with van der Waals surface area (Å²) in [7, 11) is 5.13. The molecule has 0 unspecified atom stereocenters. The number of para-hydroxylation sites is 1. The molecular weight excluding hydrogens is 274 g/mol. The second-order valence-corrected chi connectivity index (χ2v) is 4.48. The van der Waals surface area contributed by atoms with Crippen LogP contribution in [0.15, 0.2) is 18.2 Å². The fraction of sp³-hybridized carbons (Fsp3) is 0.600. The van der Waals surface area contributed by atoms with Crippen molar-refractivity contribution in [1.29, 1.82) is 0 Å². The van der Waals surface area contributed by atoms with Crippen molar-refractivity contribution in [3.05, 3.63) is 18.2 Å². The van der Waals surface area contributed by atoms with E-state index in [1.165, 1.54) is 0 Å². The molecule has 0 atom stereocenters. The Balaban J connectivity index is 2.29. The van der Waals surface area contributed by atoms with Crippen LogP contribution >= 0.6 is 0 Å². The highest BCUT2D eigenvalue weighted by Crippen LogP contribution is 2.36. The molecule has 1 aromatic carbocycles. The van der Waals surface area contributed by atoms with Gasteiger partial charge in [0.1, 0.15) is 6.61 Å². The minimum atomic E-state index is 0.160. The number of ether oxygens (including phenoxy) is 4. The Labute approximate surface area is 126 Å². The highest BCUT2D eigenvalue weighted by atomic mass is 16.6. The molecule has 0 aliphatic heterocycles. The second-order valence-electron chi connectivity index (χ2n) is 4.48. The summed E-state index contributed by atoms with van der Waals surface area (Å²) in [6.07, 6.45) is 0. The molecule has 6 heteroatoms. The summed E-state index contributed by atoms with van der Waals surface area (Å²) < 4.78 is 21.7. The van der Waals surface area contributed by atoms with Gasteiger partial charge in [0.2, 0.25) is 5.75 Å². The predicted molar refractivity (Wildman–Crippen MR) is 80.4 cm³/mol. The van der Waals surface area contributed by atoms with E-state index in [0.29, 0.717) is 43.6 Å². The quantitative estimate of drug-likeness (QED) is 0.616. The number of benzene rings is 1. The van der Waals surface area contributed by atoms with Gasteiger partial charge in [-0.05, 0) is 19.2 Å². The standard InChI is InChI=1S/C15H25NO5/c1-16(7-9-17)8-10-20-11-12-21-15-13(18-2)5-4-6-14(15)19-3/h4-6,17H,7-12H2,1-3H3. The van der Waals surface area contributed by atoms with E-state index in [-0.39, 0.29) is 6.61 Å². The first kappa shape index (κ1) is 17.6. The Bertz CT molecular complexity index is 377. The number of hydrogen-bond acceptors (Lipinski definition) is 6. The fourth-order valence-corrected chi connectivity index (χ4v) is 1.77. The zero-order valence-electron chi connectivity index (χ0n) is 13.0. The molecule has 1 aromatic rings. The number of likely N-dealkylation sites (N-methyl/N-ethyl adjacent to an activating group) is 1. The lowest BCUT2D eigenvalue weighted by Crippen LogP contribution is -2.26. The van der Waals surface area contributed by atoms with Crippen LogP contribution in [0.4, 0.5) is 0 Å². The number of nitrogens with zero attached hydrogens (tertiary/aromatic N) is 1. The van der Waals surface area contributed by atoms with Gasteiger partial charge < -0.3 is 29.0 Å². The minimum Gasteiger partial charge on any atom is -0.493 e. The molecule has 0 fully saturated rings. The average Bonchev–Trinajstić information content (AvgIpc) is 2.50. The summed E-state index contributed by atoms with van der Waals surface area (Å²) in [6.45, 7) is 3.08. The Kier molecular flexibility index (Phi) is 8.57. The van der Waals surface area contributed by atoms with Crippen molar-refractivity contribution >= 4 is 0 Å². The Morgan fingerprint density at radius 2 is 1.67 bits per heavy atom. The summed E-state index contributed by atoms with van der Waals surface area (Å²) in [5.74, 6) is 1.86. The lowest BCUT2D eigenvalue weighted by molar-refractivity contribution is 0.0798. The topological polar surface area (TPSA) is 60.4 Å². The monoisotopic (exact) mass is 299 g/mol. The van der Waals surface area contributed by atoms with Crippen LogP contribution in [0, 0.1) is 0 Å². The number of aliphatic hydroxyl groups excluding tert-OH is 1. The van der Waals surface area contributed by atoms with Gasteiger partial charge in [0, 0.05) is 13.1 Å². The van der Waals surface area contributed by atoms with Gasteiger partial charge in [-0.2, -0.15) is 0 Å². The van der Waals surface area contributed by atoms with E-state index in [9.17, 15) is 0 Å². The first-order valence-corrected chi connectivity index (χ1v) is 6.93. The summed E-state index contributed by atoms with van der Waals surface area (Å²) in [5, 5.41) is 8.78. The lowest BCUT2D eigenvalue weighted by Gasteiger charge is -2.16. The Morgan fingerprint density at radius 1 is 1.00 bits per heavy atom. The first-order chi connectivity index (χ1) is 10.2. The normalized spacial score (nSPS) is 10.7. The molecular formula is C15H25NO5. The summed E-state index contributed by atoms with van der Waals surface area (Å²) >= 11 is 0. The van der Waals surface area contributed by atoms with Gasteiger partial charge in [-0.1, -0.05) is 6.07 Å². The summed E-state index contributed by atoms with van der Waals surface area (Å²) in [5.41, 5.74) is 0. The van der Waals surface area contributed by atoms with E-state index in [2.05, 4.69) is 0 Å². The predicted octanol–water partition coefficient (Wildman–Crippen LogP) is 1.02. The van der Waals surface area contributed by atoms with Crippen molar-refractivity contribution < 1.29 is 24.1 Å². The van der Waals surface area contributed by atoms with Crippen molar-refractivity contribution in [3.8, 4) is 17.2 Å². The highest BCUT2D eigenvalue weighted by molar-refractivity contribution is 5.51. The molecule has 0 radical (unpaired) electrons. The average molecular weight is 299 g/mol. The highest BCUT2D eigenvalue weighted by Gasteiger charge is 2.10. The van der Waals surface area contributed by atoms with Crippen LogP contribution in [-0.2, 0) is 4.74 Å². The van der Waals surface area contributed by atoms with Crippen molar-refractivity contribution in [1.82, 2.24) is 4.90 Å². The summed E-state index contributed by atoms with van der Waals surface area (Å²) in [4.78, 5) is 2.00. The molecule has 0 aliphatic carbocycles. The largest absolute Gasteiger partial charge is 0.493 e. The van der Waals surface area contributed by atoms with Crippen molar-refractivity contribution in [2.75, 3.05) is 60.8 Å². The second kappa shape index (κ2) is 10.3. The molecule has 0 amide bonds. The van der Waals surface area contributed by atoms with E-state index in [4.69, 9.17) is 24.1 Å². The van der Waals surface area contributed by atoms with E-state index < -0.39 is 0 Å². The maximum Gasteiger partial charge on any atom is 0.203 e. The molecule has 0 saturated heterocycles. The molecule has 6 nitrogen and oxygen atoms in total. The van der Waals surface area contributed by atoms with Crippen LogP contribution in [0.25, 0.3) is 0 Å². The van der Waals surface area contributed by atoms with Crippen LogP contribution in [-0.4, -0.2) is 70.8 Å². The van der Waals surface area contributed by atoms with Crippen molar-refractivity contribution in [2.45, 2.75) is 0 Å². The van der Waals surface area contributed by atoms with Gasteiger partial charge in [-0.3, -0.25) is 0 Å². The van der Waals surface area contributed by atoms with E-state index >= 15 is 0 Å². The van der Waals surface area contributed by atoms with E-state index in [1.54, 1.807) is 14.2 Å². The van der Waals surface area contributed by atoms with Gasteiger partial charge in [-0.25, -0.2) is 0 Å². The van der Waals surface area contributed by atoms with Gasteiger partial charge in [0.25, 0.3) is 0 Å². The molecule has 21 heavy (non-hydrogen) atoms. The third-order valence-corrected chi connectivity index (χ3v) is 2.96. The van der Waals surface area contributed by atoms with Gasteiger partial charge in [-0.15, -0.1) is 0 Å². The number of methoxy groups -OCH3 is 2. The lowest BCUT2D eigenvalue weighted by atomic mass is 10.3. The molecule has 120 valence electrons. The van der Waals surface area contributed by atoms with Gasteiger partial charge >= 0.3 is 0 Å². The SMILES string of the molecule is COc1cccc(OC)c1OCCOCCN(C)CCO. The molecule has 0 aliphatic rings. The van der Waals surface area contributed by atoms with Crippen LogP contribution in [0.1, 0.15) is 0 Å². The van der Waals surface area contributed by atoms with Crippen LogP contribution in [0.2, 0.25) is 0 Å². The van der Waals surface area contributed by atoms with Crippen LogP contribution < -0.4 is 14.2 Å². The van der Waals surface area contributed by atoms with E-state index in [1.807, 2.05) is 30.1 Å². The van der Waals surface area contributed by atoms with Gasteiger partial charge in [0.15, 0.2) is 11.5 Å². The van der Waals surface area contributed by atoms with E-state index in [0.717, 1.165) is 6.54 Å². The smallest absolute Gasteiger partial charge is 0.203 e. The summed E-state index contributed by atoms with van der Waals surface area (Å²) in [6, 6.07) is 5.49. The molecule has 1 N–H and O–H groups in total. The first-order valence-electron chi connectivity index (χ1n) is 6.93. The Morgan fingerprint density at radius 3 is 2.24 bits per heavy atom. The van der Waals surface area contributed by atoms with Crippen LogP contribution in [0.5, 0.6) is 17.2 Å². The van der Waals surface area contributed by atoms with Crippen molar-refractivity contribution in [3.63, 3.8) is 0 Å². The zero-order chi connectivity index (χ0) is 15.5. The fourth-order valence-electron chi connectivity index (χ4n) is 1.77. The molecule has 0 spiro atoms. The van der Waals surface area contributed by atoms with Gasteiger partial charge in [0.05, 0.1) is 34.0 Å². The maximum atomic E-state index is 8.78. The molecule has 0 saturated carbocycles. The Hall–Kier alpha value is -1.50. The maximum absolute atomic E-state index is 8.78. The molecule has 0 aromatic heterocycles. The molecule has 0 heterocycles. The number of aliphatic hydroxyl groups is 1. The molecule has 0 bridgehead atoms. The third kappa shape index (κ3) is 6.20. The molecule has 1 rings (SSSR count). The third-order valence-electron chi connectivity index (χ3n) is 2.96.